The Morgan fingerprint density at radius 2 is 2.00 bits per heavy atom. The van der Waals surface area contributed by atoms with E-state index in [1.807, 2.05) is 66.4 Å². The lowest BCUT2D eigenvalue weighted by Gasteiger charge is -2.26. The molecule has 0 spiro atoms. The molecule has 2 atom stereocenters. The fraction of sp³-hybridized carbons (Fsp3) is 0.333. The van der Waals surface area contributed by atoms with E-state index in [-0.39, 0.29) is 11.9 Å². The Morgan fingerprint density at radius 3 is 2.81 bits per heavy atom. The highest BCUT2D eigenvalue weighted by Crippen LogP contribution is 2.32. The summed E-state index contributed by atoms with van der Waals surface area (Å²) in [6.07, 6.45) is 1.44. The summed E-state index contributed by atoms with van der Waals surface area (Å²) in [5, 5.41) is 0. The van der Waals surface area contributed by atoms with Crippen molar-refractivity contribution in [1.29, 1.82) is 0 Å². The van der Waals surface area contributed by atoms with Crippen LogP contribution in [0.15, 0.2) is 54.6 Å². The smallest absolute Gasteiger partial charge is 0.252 e. The fourth-order valence-corrected chi connectivity index (χ4v) is 3.55. The van der Waals surface area contributed by atoms with Gasteiger partial charge in [0.25, 0.3) is 5.91 Å². The third kappa shape index (κ3) is 3.35. The van der Waals surface area contributed by atoms with Gasteiger partial charge in [-0.05, 0) is 37.5 Å². The number of hydrogen-bond acceptors (Lipinski definition) is 3. The lowest BCUT2D eigenvalue weighted by molar-refractivity contribution is -0.144. The minimum absolute atomic E-state index is 0.00215. The van der Waals surface area contributed by atoms with Crippen molar-refractivity contribution in [3.63, 3.8) is 0 Å². The van der Waals surface area contributed by atoms with Crippen LogP contribution in [-0.4, -0.2) is 33.4 Å². The topological polar surface area (TPSA) is 58.2 Å². The number of aromatic nitrogens is 2. The molecule has 3 aromatic rings. The Bertz CT molecular complexity index is 857. The number of imidazole rings is 1. The summed E-state index contributed by atoms with van der Waals surface area (Å²) in [5.74, 6) is 0.899. The average Bonchev–Trinajstić information content (AvgIpc) is 3.32. The number of fused-ring (bicyclic) bond motifs is 1. The molecular weight excluding hydrogens is 326 g/mol. The first-order valence-corrected chi connectivity index (χ1v) is 9.13. The number of likely N-dealkylation sites (tertiary alicyclic amines) is 1. The second-order valence-corrected chi connectivity index (χ2v) is 6.77. The minimum atomic E-state index is -0.472. The van der Waals surface area contributed by atoms with Gasteiger partial charge in [-0.2, -0.15) is 0 Å². The molecule has 1 amide bonds. The van der Waals surface area contributed by atoms with Gasteiger partial charge in [-0.25, -0.2) is 4.98 Å². The maximum Gasteiger partial charge on any atom is 0.252 e. The molecule has 1 fully saturated rings. The van der Waals surface area contributed by atoms with E-state index in [1.54, 1.807) is 0 Å². The quantitative estimate of drug-likeness (QED) is 0.761. The van der Waals surface area contributed by atoms with Crippen LogP contribution in [0.4, 0.5) is 0 Å². The van der Waals surface area contributed by atoms with Gasteiger partial charge in [-0.15, -0.1) is 0 Å². The molecule has 1 N–H and O–H groups in total. The van der Waals surface area contributed by atoms with Crippen molar-refractivity contribution < 1.29 is 9.53 Å². The summed E-state index contributed by atoms with van der Waals surface area (Å²) < 4.78 is 5.82. The van der Waals surface area contributed by atoms with Crippen LogP contribution in [0, 0.1) is 0 Å². The van der Waals surface area contributed by atoms with E-state index in [2.05, 4.69) is 4.98 Å². The Hall–Kier alpha value is -2.66. The molecule has 0 bridgehead atoms. The third-order valence-electron chi connectivity index (χ3n) is 4.95. The first kappa shape index (κ1) is 16.8. The summed E-state index contributed by atoms with van der Waals surface area (Å²) in [4.78, 5) is 22.9. The van der Waals surface area contributed by atoms with Crippen molar-refractivity contribution in [1.82, 2.24) is 14.9 Å². The highest BCUT2D eigenvalue weighted by Gasteiger charge is 2.34. The second kappa shape index (κ2) is 7.30. The Balaban J connectivity index is 1.45. The zero-order valence-electron chi connectivity index (χ0n) is 14.9. The third-order valence-corrected chi connectivity index (χ3v) is 4.95. The molecule has 26 heavy (non-hydrogen) atoms. The van der Waals surface area contributed by atoms with Gasteiger partial charge in [0, 0.05) is 6.54 Å². The Morgan fingerprint density at radius 1 is 1.23 bits per heavy atom. The normalized spacial score (nSPS) is 18.3. The summed E-state index contributed by atoms with van der Waals surface area (Å²) >= 11 is 0. The number of nitrogens with one attached hydrogen (secondary N) is 1. The zero-order chi connectivity index (χ0) is 17.9. The summed E-state index contributed by atoms with van der Waals surface area (Å²) in [5.41, 5.74) is 3.02. The first-order chi connectivity index (χ1) is 12.7. The van der Waals surface area contributed by atoms with Crippen molar-refractivity contribution in [2.24, 2.45) is 0 Å². The molecule has 5 heteroatoms. The average molecular weight is 349 g/mol. The van der Waals surface area contributed by atoms with Gasteiger partial charge in [-0.3, -0.25) is 4.79 Å². The maximum absolute atomic E-state index is 12.9. The number of rotatable bonds is 5. The number of carbonyl (C=O) groups is 1. The number of para-hydroxylation sites is 2. The van der Waals surface area contributed by atoms with E-state index >= 15 is 0 Å². The molecule has 1 aliphatic heterocycles. The van der Waals surface area contributed by atoms with E-state index in [1.165, 1.54) is 0 Å². The van der Waals surface area contributed by atoms with Crippen LogP contribution in [-0.2, 0) is 16.1 Å². The number of nitrogens with zero attached hydrogens (tertiary/aromatic N) is 2. The first-order valence-electron chi connectivity index (χ1n) is 9.13. The standard InChI is InChI=1S/C21H23N3O2/c1-15(26-14-16-8-3-2-4-9-16)21(25)24-13-7-12-19(24)20-22-17-10-5-6-11-18(17)23-20/h2-6,8-11,15,19H,7,12-14H2,1H3,(H,22,23)/t15-,19+/m1/s1. The number of H-pyrrole nitrogens is 1. The zero-order valence-corrected chi connectivity index (χ0v) is 14.9. The van der Waals surface area contributed by atoms with Crippen LogP contribution in [0.3, 0.4) is 0 Å². The monoisotopic (exact) mass is 349 g/mol. The van der Waals surface area contributed by atoms with Crippen LogP contribution in [0.1, 0.15) is 37.2 Å². The summed E-state index contributed by atoms with van der Waals surface area (Å²) in [7, 11) is 0. The summed E-state index contributed by atoms with van der Waals surface area (Å²) in [6.45, 7) is 3.02. The molecule has 0 saturated carbocycles. The molecule has 1 aliphatic rings. The Kier molecular flexibility index (Phi) is 4.71. The lowest BCUT2D eigenvalue weighted by Crippen LogP contribution is -2.38. The van der Waals surface area contributed by atoms with Gasteiger partial charge in [0.1, 0.15) is 11.9 Å². The van der Waals surface area contributed by atoms with Crippen LogP contribution >= 0.6 is 0 Å². The molecule has 0 aliphatic carbocycles. The fourth-order valence-electron chi connectivity index (χ4n) is 3.55. The van der Waals surface area contributed by atoms with E-state index in [4.69, 9.17) is 9.72 Å². The number of aromatic amines is 1. The minimum Gasteiger partial charge on any atom is -0.364 e. The molecular formula is C21H23N3O2. The highest BCUT2D eigenvalue weighted by atomic mass is 16.5. The maximum atomic E-state index is 12.9. The highest BCUT2D eigenvalue weighted by molar-refractivity contribution is 5.81. The van der Waals surface area contributed by atoms with Crippen molar-refractivity contribution >= 4 is 16.9 Å². The molecule has 2 heterocycles. The molecule has 1 aromatic heterocycles. The van der Waals surface area contributed by atoms with Gasteiger partial charge in [-0.1, -0.05) is 42.5 Å². The number of ether oxygens (including phenoxy) is 1. The van der Waals surface area contributed by atoms with Gasteiger partial charge < -0.3 is 14.6 Å². The van der Waals surface area contributed by atoms with Crippen molar-refractivity contribution in [3.8, 4) is 0 Å². The van der Waals surface area contributed by atoms with E-state index in [9.17, 15) is 4.79 Å². The van der Waals surface area contributed by atoms with Gasteiger partial charge in [0.05, 0.1) is 23.7 Å². The van der Waals surface area contributed by atoms with E-state index in [0.717, 1.165) is 41.8 Å². The number of benzene rings is 2. The Labute approximate surface area is 153 Å². The largest absolute Gasteiger partial charge is 0.364 e. The predicted molar refractivity (Wildman–Crippen MR) is 100 cm³/mol. The number of amides is 1. The van der Waals surface area contributed by atoms with Crippen molar-refractivity contribution in [2.75, 3.05) is 6.54 Å². The van der Waals surface area contributed by atoms with Crippen LogP contribution in [0.5, 0.6) is 0 Å². The van der Waals surface area contributed by atoms with Gasteiger partial charge in [0.2, 0.25) is 0 Å². The number of carbonyl (C=O) groups excluding carboxylic acids is 1. The molecule has 1 saturated heterocycles. The number of hydrogen-bond donors (Lipinski definition) is 1. The van der Waals surface area contributed by atoms with Crippen molar-refractivity contribution in [3.05, 3.63) is 66.0 Å². The summed E-state index contributed by atoms with van der Waals surface area (Å²) in [6, 6.07) is 17.9. The van der Waals surface area contributed by atoms with Crippen LogP contribution in [0.2, 0.25) is 0 Å². The molecule has 0 radical (unpaired) electrons. The van der Waals surface area contributed by atoms with Crippen molar-refractivity contribution in [2.45, 2.75) is 38.5 Å². The van der Waals surface area contributed by atoms with Crippen LogP contribution in [0.25, 0.3) is 11.0 Å². The second-order valence-electron chi connectivity index (χ2n) is 6.77. The molecule has 134 valence electrons. The predicted octanol–water partition coefficient (Wildman–Crippen LogP) is 3.83. The SMILES string of the molecule is C[C@@H](OCc1ccccc1)C(=O)N1CCC[C@H]1c1nc2ccccc2[nH]1. The molecule has 0 unspecified atom stereocenters. The molecule has 5 nitrogen and oxygen atoms in total. The lowest BCUT2D eigenvalue weighted by atomic mass is 10.2. The molecule has 4 rings (SSSR count). The van der Waals surface area contributed by atoms with Gasteiger partial charge >= 0.3 is 0 Å². The van der Waals surface area contributed by atoms with Crippen LogP contribution < -0.4 is 0 Å². The van der Waals surface area contributed by atoms with E-state index in [0.29, 0.717) is 6.61 Å². The molecule has 2 aromatic carbocycles. The van der Waals surface area contributed by atoms with Gasteiger partial charge in [0.15, 0.2) is 0 Å². The van der Waals surface area contributed by atoms with E-state index < -0.39 is 6.10 Å².